The first-order chi connectivity index (χ1) is 16.8. The third kappa shape index (κ3) is 11.5. The second kappa shape index (κ2) is 16.5. The van der Waals surface area contributed by atoms with Gasteiger partial charge in [0, 0.05) is 12.3 Å². The van der Waals surface area contributed by atoms with Crippen LogP contribution < -0.4 is 21.7 Å². The van der Waals surface area contributed by atoms with E-state index >= 15 is 0 Å². The summed E-state index contributed by atoms with van der Waals surface area (Å²) in [5, 5.41) is 44.8. The summed E-state index contributed by atoms with van der Waals surface area (Å²) >= 11 is 0. The molecule has 0 aromatic heterocycles. The number of carboxylic acids is 1. The summed E-state index contributed by atoms with van der Waals surface area (Å²) in [6.45, 7) is 2.89. The molecule has 0 saturated heterocycles. The maximum absolute atomic E-state index is 12.5. The van der Waals surface area contributed by atoms with Gasteiger partial charge in [-0.1, -0.05) is 20.8 Å². The number of carboxylic acid groups (broad SMARTS) is 1. The Bertz CT molecular complexity index is 777. The molecule has 0 aromatic carbocycles. The number of aliphatic carboxylic acids is 1. The molecule has 0 aliphatic carbocycles. The summed E-state index contributed by atoms with van der Waals surface area (Å²) in [6.07, 6.45) is -5.67. The Labute approximate surface area is 207 Å². The zero-order chi connectivity index (χ0) is 28.0. The van der Waals surface area contributed by atoms with Crippen molar-refractivity contribution < 1.29 is 53.9 Å². The van der Waals surface area contributed by atoms with E-state index in [0.29, 0.717) is 0 Å². The van der Waals surface area contributed by atoms with Crippen LogP contribution in [-0.4, -0.2) is 106 Å². The predicted octanol–water partition coefficient (Wildman–Crippen LogP) is -3.84. The summed E-state index contributed by atoms with van der Waals surface area (Å²) in [6, 6.07) is -3.95. The van der Waals surface area contributed by atoms with Crippen molar-refractivity contribution in [2.75, 3.05) is 13.2 Å². The molecule has 15 nitrogen and oxygen atoms in total. The van der Waals surface area contributed by atoms with E-state index in [-0.39, 0.29) is 19.1 Å². The highest BCUT2D eigenvalue weighted by Crippen LogP contribution is 2.10. The zero-order valence-corrected chi connectivity index (χ0v) is 20.4. The van der Waals surface area contributed by atoms with Gasteiger partial charge in [0.2, 0.25) is 23.6 Å². The molecule has 4 amide bonds. The van der Waals surface area contributed by atoms with Crippen LogP contribution in [0, 0.1) is 5.92 Å². The molecule has 0 rings (SSSR count). The van der Waals surface area contributed by atoms with Crippen LogP contribution in [-0.2, 0) is 33.5 Å². The first-order valence-electron chi connectivity index (χ1n) is 11.2. The third-order valence-corrected chi connectivity index (χ3v) is 5.03. The SMILES string of the molecule is CCC(NC(=O)CO[C@@H]([C@H](O)[C@H](O)CO)[C@H](C=O)NC(=O)C(C)C)C(=O)NC(CCC(=O)O)C(N)=O. The minimum atomic E-state index is -1.87. The van der Waals surface area contributed by atoms with Gasteiger partial charge >= 0.3 is 5.97 Å². The van der Waals surface area contributed by atoms with Gasteiger partial charge in [-0.05, 0) is 12.8 Å². The largest absolute Gasteiger partial charge is 0.481 e. The van der Waals surface area contributed by atoms with E-state index in [9.17, 15) is 39.0 Å². The van der Waals surface area contributed by atoms with Crippen LogP contribution in [0.25, 0.3) is 0 Å². The van der Waals surface area contributed by atoms with Gasteiger partial charge in [-0.2, -0.15) is 0 Å². The number of aldehydes is 1. The average molecular weight is 521 g/mol. The van der Waals surface area contributed by atoms with Gasteiger partial charge < -0.3 is 51.6 Å². The van der Waals surface area contributed by atoms with E-state index in [1.807, 2.05) is 0 Å². The number of primary amides is 1. The Balaban J connectivity index is 5.33. The first kappa shape index (κ1) is 32.9. The summed E-state index contributed by atoms with van der Waals surface area (Å²) in [5.41, 5.74) is 5.18. The van der Waals surface area contributed by atoms with Gasteiger partial charge in [-0.3, -0.25) is 24.0 Å². The van der Waals surface area contributed by atoms with Crippen LogP contribution in [0.1, 0.15) is 40.0 Å². The fourth-order valence-electron chi connectivity index (χ4n) is 2.85. The third-order valence-electron chi connectivity index (χ3n) is 5.03. The average Bonchev–Trinajstić information content (AvgIpc) is 2.82. The molecule has 0 heterocycles. The minimum Gasteiger partial charge on any atom is -0.481 e. The van der Waals surface area contributed by atoms with E-state index in [1.54, 1.807) is 13.8 Å². The van der Waals surface area contributed by atoms with Gasteiger partial charge in [0.25, 0.3) is 0 Å². The van der Waals surface area contributed by atoms with Crippen LogP contribution in [0.3, 0.4) is 0 Å². The molecule has 0 aliphatic heterocycles. The van der Waals surface area contributed by atoms with Crippen molar-refractivity contribution in [1.29, 1.82) is 0 Å². The van der Waals surface area contributed by atoms with Gasteiger partial charge in [-0.25, -0.2) is 0 Å². The number of amides is 4. The number of aliphatic hydroxyl groups is 3. The second-order valence-corrected chi connectivity index (χ2v) is 8.27. The molecule has 36 heavy (non-hydrogen) atoms. The number of rotatable bonds is 18. The minimum absolute atomic E-state index is 0.0542. The Morgan fingerprint density at radius 2 is 1.61 bits per heavy atom. The molecule has 0 bridgehead atoms. The topological polar surface area (TPSA) is 255 Å². The van der Waals surface area contributed by atoms with Crippen molar-refractivity contribution in [3.63, 3.8) is 0 Å². The molecule has 0 saturated carbocycles. The lowest BCUT2D eigenvalue weighted by Crippen LogP contribution is -2.56. The van der Waals surface area contributed by atoms with Crippen LogP contribution in [0.4, 0.5) is 0 Å². The fraction of sp³-hybridized carbons (Fsp3) is 0.714. The number of nitrogens with two attached hydrogens (primary N) is 1. The fourth-order valence-corrected chi connectivity index (χ4v) is 2.85. The van der Waals surface area contributed by atoms with Crippen molar-refractivity contribution in [3.8, 4) is 0 Å². The molecule has 6 atom stereocenters. The highest BCUT2D eigenvalue weighted by Gasteiger charge is 2.35. The highest BCUT2D eigenvalue weighted by molar-refractivity contribution is 5.92. The van der Waals surface area contributed by atoms with Crippen molar-refractivity contribution in [2.45, 2.75) is 76.5 Å². The quantitative estimate of drug-likeness (QED) is 0.0812. The molecule has 0 spiro atoms. The van der Waals surface area contributed by atoms with Gasteiger partial charge in [0.05, 0.1) is 6.61 Å². The summed E-state index contributed by atoms with van der Waals surface area (Å²) in [5.74, 6) is -4.99. The number of hydrogen-bond donors (Lipinski definition) is 8. The molecule has 2 unspecified atom stereocenters. The van der Waals surface area contributed by atoms with Gasteiger partial charge in [0.1, 0.15) is 49.3 Å². The van der Waals surface area contributed by atoms with E-state index in [1.165, 1.54) is 6.92 Å². The molecule has 0 aromatic rings. The van der Waals surface area contributed by atoms with Gasteiger partial charge in [-0.15, -0.1) is 0 Å². The summed E-state index contributed by atoms with van der Waals surface area (Å²) in [4.78, 5) is 70.6. The van der Waals surface area contributed by atoms with E-state index < -0.39 is 91.6 Å². The number of hydrogen-bond acceptors (Lipinski definition) is 10. The van der Waals surface area contributed by atoms with Crippen molar-refractivity contribution in [2.24, 2.45) is 11.7 Å². The first-order valence-corrected chi connectivity index (χ1v) is 11.2. The number of nitrogens with one attached hydrogen (secondary N) is 3. The molecule has 0 radical (unpaired) electrons. The predicted molar refractivity (Wildman–Crippen MR) is 122 cm³/mol. The van der Waals surface area contributed by atoms with Gasteiger partial charge in [0.15, 0.2) is 0 Å². The molecule has 0 fully saturated rings. The van der Waals surface area contributed by atoms with Crippen molar-refractivity contribution in [3.05, 3.63) is 0 Å². The highest BCUT2D eigenvalue weighted by atomic mass is 16.5. The Hall–Kier alpha value is -3.14. The van der Waals surface area contributed by atoms with Crippen molar-refractivity contribution in [1.82, 2.24) is 16.0 Å². The molecular weight excluding hydrogens is 484 g/mol. The van der Waals surface area contributed by atoms with E-state index in [2.05, 4.69) is 16.0 Å². The number of carbonyl (C=O) groups is 6. The van der Waals surface area contributed by atoms with Crippen LogP contribution in [0.15, 0.2) is 0 Å². The molecule has 9 N–H and O–H groups in total. The number of carbonyl (C=O) groups excluding carboxylic acids is 5. The summed E-state index contributed by atoms with van der Waals surface area (Å²) in [7, 11) is 0. The molecule has 206 valence electrons. The lowest BCUT2D eigenvalue weighted by atomic mass is 10.0. The Kier molecular flexibility index (Phi) is 15.1. The number of aliphatic hydroxyl groups excluding tert-OH is 3. The van der Waals surface area contributed by atoms with Crippen LogP contribution in [0.2, 0.25) is 0 Å². The Morgan fingerprint density at radius 3 is 2.06 bits per heavy atom. The smallest absolute Gasteiger partial charge is 0.303 e. The Morgan fingerprint density at radius 1 is 1.00 bits per heavy atom. The monoisotopic (exact) mass is 520 g/mol. The summed E-state index contributed by atoms with van der Waals surface area (Å²) < 4.78 is 5.28. The number of ether oxygens (including phenoxy) is 1. The lowest BCUT2D eigenvalue weighted by Gasteiger charge is -2.31. The van der Waals surface area contributed by atoms with E-state index in [4.69, 9.17) is 20.7 Å². The molecule has 0 aliphatic rings. The second-order valence-electron chi connectivity index (χ2n) is 8.27. The maximum atomic E-state index is 12.5. The van der Waals surface area contributed by atoms with E-state index in [0.717, 1.165) is 0 Å². The van der Waals surface area contributed by atoms with Crippen molar-refractivity contribution >= 4 is 35.9 Å². The van der Waals surface area contributed by atoms with Crippen LogP contribution in [0.5, 0.6) is 0 Å². The molecule has 15 heteroatoms. The standard InChI is InChI=1S/C21H36N4O11/c1-4-11(21(35)24-12(19(22)33)5-6-16(30)31)23-15(29)9-36-18(17(32)14(28)8-27)13(7-26)25-20(34)10(2)3/h7,10-14,17-18,27-28,32H,4-6,8-9H2,1-3H3,(H2,22,33)(H,23,29)(H,24,35)(H,25,34)(H,30,31)/t11?,12?,13-,14+,17+,18+/m0/s1. The van der Waals surface area contributed by atoms with Crippen LogP contribution >= 0.6 is 0 Å². The maximum Gasteiger partial charge on any atom is 0.303 e. The lowest BCUT2D eigenvalue weighted by molar-refractivity contribution is -0.147. The molecular formula is C21H36N4O11. The zero-order valence-electron chi connectivity index (χ0n) is 20.4. The normalized spacial score (nSPS) is 16.1.